The maximum atomic E-state index is 12.6. The van der Waals surface area contributed by atoms with E-state index in [0.717, 1.165) is 25.0 Å². The van der Waals surface area contributed by atoms with E-state index in [9.17, 15) is 4.79 Å². The zero-order valence-electron chi connectivity index (χ0n) is 14.8. The van der Waals surface area contributed by atoms with Crippen LogP contribution in [-0.2, 0) is 4.74 Å². The van der Waals surface area contributed by atoms with Crippen molar-refractivity contribution in [3.8, 4) is 17.1 Å². The Balaban J connectivity index is 1.43. The van der Waals surface area contributed by atoms with Crippen molar-refractivity contribution in [1.29, 1.82) is 0 Å². The highest BCUT2D eigenvalue weighted by Crippen LogP contribution is 2.26. The van der Waals surface area contributed by atoms with Crippen molar-refractivity contribution in [2.45, 2.75) is 18.9 Å². The van der Waals surface area contributed by atoms with Gasteiger partial charge in [0.1, 0.15) is 12.4 Å². The quantitative estimate of drug-likeness (QED) is 0.711. The van der Waals surface area contributed by atoms with E-state index >= 15 is 0 Å². The lowest BCUT2D eigenvalue weighted by Gasteiger charge is -2.15. The van der Waals surface area contributed by atoms with Crippen LogP contribution in [0.25, 0.3) is 11.3 Å². The summed E-state index contributed by atoms with van der Waals surface area (Å²) in [6.07, 6.45) is 5.21. The van der Waals surface area contributed by atoms with Crippen LogP contribution < -0.4 is 10.1 Å². The Kier molecular flexibility index (Phi) is 5.16. The number of hydrogen-bond donors (Lipinski definition) is 1. The molecule has 1 unspecified atom stereocenters. The van der Waals surface area contributed by atoms with E-state index in [4.69, 9.17) is 13.9 Å². The second-order valence-electron chi connectivity index (χ2n) is 6.34. The number of para-hydroxylation sites is 2. The molecule has 1 aliphatic heterocycles. The summed E-state index contributed by atoms with van der Waals surface area (Å²) < 4.78 is 16.7. The summed E-state index contributed by atoms with van der Waals surface area (Å²) in [5.74, 6) is 1.10. The summed E-state index contributed by atoms with van der Waals surface area (Å²) >= 11 is 0. The number of benzene rings is 2. The molecule has 6 nitrogen and oxygen atoms in total. The SMILES string of the molecule is O=C(Nc1ccccc1OCC1CCCO1)c1ccc(-c2cnco2)cc1. The van der Waals surface area contributed by atoms with Crippen LogP contribution >= 0.6 is 0 Å². The molecule has 1 fully saturated rings. The first-order valence-corrected chi connectivity index (χ1v) is 8.93. The summed E-state index contributed by atoms with van der Waals surface area (Å²) in [7, 11) is 0. The average molecular weight is 364 g/mol. The van der Waals surface area contributed by atoms with Crippen LogP contribution in [0.1, 0.15) is 23.2 Å². The molecule has 1 N–H and O–H groups in total. The van der Waals surface area contributed by atoms with E-state index in [1.54, 1.807) is 18.3 Å². The molecule has 4 rings (SSSR count). The number of carbonyl (C=O) groups is 1. The fourth-order valence-corrected chi connectivity index (χ4v) is 2.99. The van der Waals surface area contributed by atoms with Crippen LogP contribution in [0.15, 0.2) is 65.5 Å². The number of nitrogens with zero attached hydrogens (tertiary/aromatic N) is 1. The molecule has 2 aromatic carbocycles. The van der Waals surface area contributed by atoms with Crippen LogP contribution in [0.3, 0.4) is 0 Å². The molecule has 1 saturated heterocycles. The van der Waals surface area contributed by atoms with Gasteiger partial charge in [-0.25, -0.2) is 4.98 Å². The van der Waals surface area contributed by atoms with Gasteiger partial charge in [0.2, 0.25) is 0 Å². The van der Waals surface area contributed by atoms with E-state index in [0.29, 0.717) is 29.4 Å². The molecule has 0 saturated carbocycles. The van der Waals surface area contributed by atoms with Gasteiger partial charge in [0, 0.05) is 17.7 Å². The van der Waals surface area contributed by atoms with Crippen molar-refractivity contribution in [2.75, 3.05) is 18.5 Å². The minimum atomic E-state index is -0.202. The maximum absolute atomic E-state index is 12.6. The van der Waals surface area contributed by atoms with Gasteiger partial charge in [-0.3, -0.25) is 4.79 Å². The van der Waals surface area contributed by atoms with Gasteiger partial charge in [-0.2, -0.15) is 0 Å². The molecule has 1 atom stereocenters. The van der Waals surface area contributed by atoms with Crippen molar-refractivity contribution in [1.82, 2.24) is 4.98 Å². The van der Waals surface area contributed by atoms with Crippen LogP contribution in [0, 0.1) is 0 Å². The fraction of sp³-hybridized carbons (Fsp3) is 0.238. The minimum Gasteiger partial charge on any atom is -0.489 e. The van der Waals surface area contributed by atoms with Gasteiger partial charge in [0.15, 0.2) is 12.2 Å². The number of anilines is 1. The van der Waals surface area contributed by atoms with E-state index in [1.165, 1.54) is 6.39 Å². The molecule has 0 bridgehead atoms. The van der Waals surface area contributed by atoms with Gasteiger partial charge in [0.25, 0.3) is 5.91 Å². The molecule has 3 aromatic rings. The standard InChI is InChI=1S/C21H20N2O4/c24-21(16-9-7-15(8-10-16)20-12-22-14-27-20)23-18-5-1-2-6-19(18)26-13-17-4-3-11-25-17/h1-2,5-10,12,14,17H,3-4,11,13H2,(H,23,24). The number of carbonyl (C=O) groups excluding carboxylic acids is 1. The number of aromatic nitrogens is 1. The van der Waals surface area contributed by atoms with Crippen LogP contribution in [0.4, 0.5) is 5.69 Å². The molecule has 6 heteroatoms. The first kappa shape index (κ1) is 17.3. The molecule has 0 aliphatic carbocycles. The lowest BCUT2D eigenvalue weighted by atomic mass is 10.1. The fourth-order valence-electron chi connectivity index (χ4n) is 2.99. The Morgan fingerprint density at radius 3 is 2.78 bits per heavy atom. The zero-order valence-corrected chi connectivity index (χ0v) is 14.8. The minimum absolute atomic E-state index is 0.123. The third kappa shape index (κ3) is 4.17. The third-order valence-corrected chi connectivity index (χ3v) is 4.45. The van der Waals surface area contributed by atoms with Crippen molar-refractivity contribution >= 4 is 11.6 Å². The summed E-state index contributed by atoms with van der Waals surface area (Å²) in [6.45, 7) is 1.27. The molecule has 0 spiro atoms. The van der Waals surface area contributed by atoms with Crippen LogP contribution in [-0.4, -0.2) is 30.2 Å². The first-order valence-electron chi connectivity index (χ1n) is 8.93. The van der Waals surface area contributed by atoms with Crippen LogP contribution in [0.2, 0.25) is 0 Å². The smallest absolute Gasteiger partial charge is 0.255 e. The van der Waals surface area contributed by atoms with Gasteiger partial charge in [-0.15, -0.1) is 0 Å². The Labute approximate surface area is 157 Å². The second kappa shape index (κ2) is 8.05. The predicted molar refractivity (Wildman–Crippen MR) is 101 cm³/mol. The van der Waals surface area contributed by atoms with Crippen molar-refractivity contribution in [2.24, 2.45) is 0 Å². The Morgan fingerprint density at radius 1 is 1.19 bits per heavy atom. The first-order chi connectivity index (χ1) is 13.3. The Bertz CT molecular complexity index is 885. The lowest BCUT2D eigenvalue weighted by molar-refractivity contribution is 0.0682. The number of hydrogen-bond acceptors (Lipinski definition) is 5. The maximum Gasteiger partial charge on any atom is 0.255 e. The number of rotatable bonds is 6. The Hall–Kier alpha value is -3.12. The van der Waals surface area contributed by atoms with E-state index in [-0.39, 0.29) is 12.0 Å². The molecule has 2 heterocycles. The van der Waals surface area contributed by atoms with E-state index < -0.39 is 0 Å². The molecule has 1 aliphatic rings. The zero-order chi connectivity index (χ0) is 18.5. The molecule has 1 amide bonds. The highest BCUT2D eigenvalue weighted by atomic mass is 16.5. The summed E-state index contributed by atoms with van der Waals surface area (Å²) in [5, 5.41) is 2.92. The molecular formula is C21H20N2O4. The van der Waals surface area contributed by atoms with Gasteiger partial charge in [-0.05, 0) is 37.1 Å². The summed E-state index contributed by atoms with van der Waals surface area (Å²) in [5.41, 5.74) is 2.05. The van der Waals surface area contributed by atoms with Gasteiger partial charge < -0.3 is 19.2 Å². The van der Waals surface area contributed by atoms with Gasteiger partial charge in [0.05, 0.1) is 18.0 Å². The number of nitrogens with one attached hydrogen (secondary N) is 1. The molecule has 1 aromatic heterocycles. The summed E-state index contributed by atoms with van der Waals surface area (Å²) in [6, 6.07) is 14.6. The number of ether oxygens (including phenoxy) is 2. The van der Waals surface area contributed by atoms with Crippen LogP contribution in [0.5, 0.6) is 5.75 Å². The van der Waals surface area contributed by atoms with E-state index in [2.05, 4.69) is 10.3 Å². The van der Waals surface area contributed by atoms with Gasteiger partial charge >= 0.3 is 0 Å². The topological polar surface area (TPSA) is 73.6 Å². The summed E-state index contributed by atoms with van der Waals surface area (Å²) in [4.78, 5) is 16.5. The lowest BCUT2D eigenvalue weighted by Crippen LogP contribution is -2.18. The van der Waals surface area contributed by atoms with Crippen molar-refractivity contribution in [3.05, 3.63) is 66.7 Å². The third-order valence-electron chi connectivity index (χ3n) is 4.45. The van der Waals surface area contributed by atoms with Crippen molar-refractivity contribution in [3.63, 3.8) is 0 Å². The van der Waals surface area contributed by atoms with E-state index in [1.807, 2.05) is 36.4 Å². The normalized spacial score (nSPS) is 16.2. The highest BCUT2D eigenvalue weighted by molar-refractivity contribution is 6.05. The van der Waals surface area contributed by atoms with Crippen molar-refractivity contribution < 1.29 is 18.7 Å². The molecule has 27 heavy (non-hydrogen) atoms. The predicted octanol–water partition coefficient (Wildman–Crippen LogP) is 4.15. The molecule has 138 valence electrons. The molecular weight excluding hydrogens is 344 g/mol. The monoisotopic (exact) mass is 364 g/mol. The second-order valence-corrected chi connectivity index (χ2v) is 6.34. The Morgan fingerprint density at radius 2 is 2.04 bits per heavy atom. The number of oxazole rings is 1. The number of amides is 1. The van der Waals surface area contributed by atoms with Gasteiger partial charge in [-0.1, -0.05) is 24.3 Å². The highest BCUT2D eigenvalue weighted by Gasteiger charge is 2.17. The average Bonchev–Trinajstić information content (AvgIpc) is 3.41. The molecule has 0 radical (unpaired) electrons. The largest absolute Gasteiger partial charge is 0.489 e.